The third-order valence-electron chi connectivity index (χ3n) is 2.24. The smallest absolute Gasteiger partial charge is 0.254 e. The lowest BCUT2D eigenvalue weighted by atomic mass is 10.1. The van der Waals surface area contributed by atoms with Gasteiger partial charge in [0.2, 0.25) is 0 Å². The molecule has 2 N–H and O–H groups in total. The molecule has 0 aromatic heterocycles. The van der Waals surface area contributed by atoms with Crippen molar-refractivity contribution >= 4 is 23.1 Å². The van der Waals surface area contributed by atoms with Crippen LogP contribution in [0, 0.1) is 0 Å². The van der Waals surface area contributed by atoms with Crippen LogP contribution in [-0.4, -0.2) is 41.1 Å². The Morgan fingerprint density at radius 3 is 2.27 bits per heavy atom. The summed E-state index contributed by atoms with van der Waals surface area (Å²) in [6.07, 6.45) is 0. The van der Waals surface area contributed by atoms with E-state index in [1.807, 2.05) is 13.8 Å². The highest BCUT2D eigenvalue weighted by Gasteiger charge is 2.33. The molecule has 0 heterocycles. The predicted molar refractivity (Wildman–Crippen MR) is 64.7 cm³/mol. The molecule has 0 radical (unpaired) electrons. The van der Waals surface area contributed by atoms with Gasteiger partial charge >= 0.3 is 0 Å². The molecular formula is C10H20N2O2S. The molecule has 0 bridgehead atoms. The van der Waals surface area contributed by atoms with E-state index in [0.717, 1.165) is 0 Å². The first-order chi connectivity index (χ1) is 6.72. The largest absolute Gasteiger partial charge is 0.392 e. The Balaban J connectivity index is 4.78. The van der Waals surface area contributed by atoms with Gasteiger partial charge in [-0.15, -0.1) is 0 Å². The van der Waals surface area contributed by atoms with E-state index in [0.29, 0.717) is 11.5 Å². The number of hydrogen-bond donors (Lipinski definition) is 1. The van der Waals surface area contributed by atoms with Crippen molar-refractivity contribution < 1.29 is 9.53 Å². The standard InChI is InChI=1S/C10H20N2O2S/c1-7(2)12(6-8(11)15)9(13)10(3,4)14-5/h7H,6H2,1-5H3,(H2,11,15). The molecule has 1 amide bonds. The quantitative estimate of drug-likeness (QED) is 0.717. The number of amides is 1. The van der Waals surface area contributed by atoms with Crippen LogP contribution in [0.3, 0.4) is 0 Å². The summed E-state index contributed by atoms with van der Waals surface area (Å²) in [6.45, 7) is 7.58. The van der Waals surface area contributed by atoms with Crippen molar-refractivity contribution in [2.24, 2.45) is 5.73 Å². The van der Waals surface area contributed by atoms with Crippen LogP contribution < -0.4 is 5.73 Å². The summed E-state index contributed by atoms with van der Waals surface area (Å²) >= 11 is 4.81. The lowest BCUT2D eigenvalue weighted by Gasteiger charge is -2.33. The number of carbonyl (C=O) groups is 1. The van der Waals surface area contributed by atoms with E-state index in [9.17, 15) is 4.79 Å². The topological polar surface area (TPSA) is 55.6 Å². The first-order valence-corrected chi connectivity index (χ1v) is 5.27. The first-order valence-electron chi connectivity index (χ1n) is 4.87. The molecule has 4 nitrogen and oxygen atoms in total. The molecule has 0 saturated carbocycles. The van der Waals surface area contributed by atoms with Crippen molar-refractivity contribution in [3.63, 3.8) is 0 Å². The zero-order valence-corrected chi connectivity index (χ0v) is 10.9. The van der Waals surface area contributed by atoms with Crippen molar-refractivity contribution in [3.8, 4) is 0 Å². The van der Waals surface area contributed by atoms with E-state index < -0.39 is 5.60 Å². The molecule has 0 fully saturated rings. The van der Waals surface area contributed by atoms with Crippen LogP contribution >= 0.6 is 12.2 Å². The average Bonchev–Trinajstić information content (AvgIpc) is 2.12. The molecule has 0 aromatic carbocycles. The maximum Gasteiger partial charge on any atom is 0.254 e. The zero-order valence-electron chi connectivity index (χ0n) is 10.0. The van der Waals surface area contributed by atoms with Crippen LogP contribution in [-0.2, 0) is 9.53 Å². The van der Waals surface area contributed by atoms with Crippen molar-refractivity contribution in [2.75, 3.05) is 13.7 Å². The van der Waals surface area contributed by atoms with Crippen LogP contribution in [0.2, 0.25) is 0 Å². The number of ether oxygens (including phenoxy) is 1. The van der Waals surface area contributed by atoms with Gasteiger partial charge in [-0.3, -0.25) is 4.79 Å². The highest BCUT2D eigenvalue weighted by Crippen LogP contribution is 2.14. The van der Waals surface area contributed by atoms with Crippen LogP contribution in [0.5, 0.6) is 0 Å². The second-order valence-corrected chi connectivity index (χ2v) is 4.73. The Labute approximate surface area is 96.8 Å². The molecule has 0 rings (SSSR count). The fraction of sp³-hybridized carbons (Fsp3) is 0.800. The minimum absolute atomic E-state index is 0.0495. The van der Waals surface area contributed by atoms with E-state index in [-0.39, 0.29) is 11.9 Å². The molecular weight excluding hydrogens is 212 g/mol. The Hall–Kier alpha value is -0.680. The highest BCUT2D eigenvalue weighted by atomic mass is 32.1. The number of thiocarbonyl (C=S) groups is 1. The lowest BCUT2D eigenvalue weighted by Crippen LogP contribution is -2.51. The molecule has 0 aliphatic heterocycles. The van der Waals surface area contributed by atoms with Gasteiger partial charge in [0.15, 0.2) is 0 Å². The summed E-state index contributed by atoms with van der Waals surface area (Å²) in [4.78, 5) is 14.0. The summed E-state index contributed by atoms with van der Waals surface area (Å²) in [5, 5.41) is 0. The zero-order chi connectivity index (χ0) is 12.2. The number of methoxy groups -OCH3 is 1. The highest BCUT2D eigenvalue weighted by molar-refractivity contribution is 7.80. The van der Waals surface area contributed by atoms with Crippen molar-refractivity contribution in [3.05, 3.63) is 0 Å². The SMILES string of the molecule is COC(C)(C)C(=O)N(CC(N)=S)C(C)C. The van der Waals surface area contributed by atoms with E-state index >= 15 is 0 Å². The Morgan fingerprint density at radius 1 is 1.53 bits per heavy atom. The molecule has 0 aromatic rings. The minimum Gasteiger partial charge on any atom is -0.392 e. The van der Waals surface area contributed by atoms with E-state index in [4.69, 9.17) is 22.7 Å². The third-order valence-corrected chi connectivity index (χ3v) is 2.36. The molecule has 0 aliphatic rings. The van der Waals surface area contributed by atoms with Gasteiger partial charge in [-0.25, -0.2) is 0 Å². The van der Waals surface area contributed by atoms with Gasteiger partial charge < -0.3 is 15.4 Å². The van der Waals surface area contributed by atoms with Crippen molar-refractivity contribution in [2.45, 2.75) is 39.3 Å². The number of nitrogens with zero attached hydrogens (tertiary/aromatic N) is 1. The summed E-state index contributed by atoms with van der Waals surface area (Å²) in [6, 6.07) is 0.0495. The monoisotopic (exact) mass is 232 g/mol. The van der Waals surface area contributed by atoms with Gasteiger partial charge in [0.05, 0.1) is 11.5 Å². The van der Waals surface area contributed by atoms with Gasteiger partial charge in [0.1, 0.15) is 5.60 Å². The first kappa shape index (κ1) is 14.3. The third kappa shape index (κ3) is 4.13. The predicted octanol–water partition coefficient (Wildman–Crippen LogP) is 0.935. The lowest BCUT2D eigenvalue weighted by molar-refractivity contribution is -0.151. The van der Waals surface area contributed by atoms with Crippen LogP contribution in [0.25, 0.3) is 0 Å². The molecule has 0 atom stereocenters. The Bertz CT molecular complexity index is 252. The normalized spacial score (nSPS) is 11.6. The molecule has 5 heteroatoms. The van der Waals surface area contributed by atoms with Crippen molar-refractivity contribution in [1.82, 2.24) is 4.90 Å². The van der Waals surface area contributed by atoms with Gasteiger partial charge in [0.25, 0.3) is 5.91 Å². The fourth-order valence-corrected chi connectivity index (χ4v) is 1.23. The van der Waals surface area contributed by atoms with Crippen molar-refractivity contribution in [1.29, 1.82) is 0 Å². The van der Waals surface area contributed by atoms with Gasteiger partial charge in [-0.05, 0) is 27.7 Å². The molecule has 0 saturated heterocycles. The molecule has 88 valence electrons. The fourth-order valence-electron chi connectivity index (χ4n) is 1.09. The second kappa shape index (κ2) is 5.42. The van der Waals surface area contributed by atoms with Crippen LogP contribution in [0.15, 0.2) is 0 Å². The maximum absolute atomic E-state index is 12.1. The minimum atomic E-state index is -0.838. The maximum atomic E-state index is 12.1. The number of hydrogen-bond acceptors (Lipinski definition) is 3. The summed E-state index contributed by atoms with van der Waals surface area (Å²) in [5.41, 5.74) is 4.61. The molecule has 0 aliphatic carbocycles. The number of rotatable bonds is 5. The van der Waals surface area contributed by atoms with Gasteiger partial charge in [0, 0.05) is 13.2 Å². The van der Waals surface area contributed by atoms with E-state index in [1.54, 1.807) is 18.7 Å². The molecule has 15 heavy (non-hydrogen) atoms. The number of carbonyl (C=O) groups excluding carboxylic acids is 1. The summed E-state index contributed by atoms with van der Waals surface area (Å²) in [5.74, 6) is -0.104. The second-order valence-electron chi connectivity index (χ2n) is 4.21. The van der Waals surface area contributed by atoms with Gasteiger partial charge in [-0.2, -0.15) is 0 Å². The van der Waals surface area contributed by atoms with Gasteiger partial charge in [-0.1, -0.05) is 12.2 Å². The summed E-state index contributed by atoms with van der Waals surface area (Å²) < 4.78 is 5.14. The molecule has 0 spiro atoms. The van der Waals surface area contributed by atoms with E-state index in [1.165, 1.54) is 7.11 Å². The summed E-state index contributed by atoms with van der Waals surface area (Å²) in [7, 11) is 1.51. The Kier molecular flexibility index (Phi) is 5.17. The molecule has 0 unspecified atom stereocenters. The van der Waals surface area contributed by atoms with Crippen LogP contribution in [0.4, 0.5) is 0 Å². The Morgan fingerprint density at radius 2 is 2.00 bits per heavy atom. The van der Waals surface area contributed by atoms with E-state index in [2.05, 4.69) is 0 Å². The van der Waals surface area contributed by atoms with Crippen LogP contribution in [0.1, 0.15) is 27.7 Å². The number of nitrogens with two attached hydrogens (primary N) is 1. The average molecular weight is 232 g/mol.